The number of nitrogens with one attached hydrogen (secondary N) is 1. The second-order valence-corrected chi connectivity index (χ2v) is 5.11. The molecule has 3 rings (SSSR count). The van der Waals surface area contributed by atoms with Crippen LogP contribution in [0, 0.1) is 6.92 Å². The van der Waals surface area contributed by atoms with Crippen LogP contribution in [0.5, 0.6) is 5.75 Å². The molecular formula is C17H15N5O2. The summed E-state index contributed by atoms with van der Waals surface area (Å²) in [5.41, 5.74) is 2.13. The molecule has 3 aromatic rings. The van der Waals surface area contributed by atoms with Crippen LogP contribution in [0.15, 0.2) is 54.6 Å². The van der Waals surface area contributed by atoms with Gasteiger partial charge in [0.2, 0.25) is 5.91 Å². The number of phenolic OH excluding ortho intramolecular Hbond substituents is 1. The Morgan fingerprint density at radius 1 is 1.21 bits per heavy atom. The van der Waals surface area contributed by atoms with Crippen LogP contribution >= 0.6 is 0 Å². The Hall–Kier alpha value is -3.48. The maximum atomic E-state index is 12.0. The number of nitrogens with zero attached hydrogens (tertiary/aromatic N) is 4. The Morgan fingerprint density at radius 2 is 2.04 bits per heavy atom. The van der Waals surface area contributed by atoms with E-state index in [4.69, 9.17) is 0 Å². The normalized spacial score (nSPS) is 10.9. The fourth-order valence-corrected chi connectivity index (χ4v) is 2.17. The molecule has 0 aliphatic rings. The maximum Gasteiger partial charge on any atom is 0.248 e. The van der Waals surface area contributed by atoms with Crippen molar-refractivity contribution in [3.63, 3.8) is 0 Å². The molecule has 1 heterocycles. The quantitative estimate of drug-likeness (QED) is 0.719. The van der Waals surface area contributed by atoms with Gasteiger partial charge < -0.3 is 10.4 Å². The summed E-state index contributed by atoms with van der Waals surface area (Å²) in [6.45, 7) is 1.79. The van der Waals surface area contributed by atoms with E-state index in [1.165, 1.54) is 6.08 Å². The van der Waals surface area contributed by atoms with Gasteiger partial charge in [-0.05, 0) is 59.3 Å². The Labute approximate surface area is 138 Å². The number of carbonyl (C=O) groups is 1. The molecule has 120 valence electrons. The van der Waals surface area contributed by atoms with E-state index in [-0.39, 0.29) is 11.7 Å². The SMILES string of the molecule is Cc1nnnn1-c1cccc(NC(=O)/C=C/c2cccc(O)c2)c1. The lowest BCUT2D eigenvalue weighted by Crippen LogP contribution is -2.08. The molecule has 2 aromatic carbocycles. The van der Waals surface area contributed by atoms with Gasteiger partial charge in [0.15, 0.2) is 5.82 Å². The van der Waals surface area contributed by atoms with Gasteiger partial charge in [-0.25, -0.2) is 0 Å². The first kappa shape index (κ1) is 15.4. The van der Waals surface area contributed by atoms with Crippen LogP contribution in [-0.4, -0.2) is 31.2 Å². The molecule has 0 saturated carbocycles. The minimum Gasteiger partial charge on any atom is -0.508 e. The molecule has 1 amide bonds. The van der Waals surface area contributed by atoms with E-state index in [1.54, 1.807) is 54.1 Å². The van der Waals surface area contributed by atoms with Gasteiger partial charge in [-0.15, -0.1) is 5.10 Å². The van der Waals surface area contributed by atoms with Crippen LogP contribution in [0.25, 0.3) is 11.8 Å². The summed E-state index contributed by atoms with van der Waals surface area (Å²) in [7, 11) is 0. The molecule has 0 aliphatic carbocycles. The van der Waals surface area contributed by atoms with E-state index in [1.807, 2.05) is 12.1 Å². The molecule has 0 spiro atoms. The average Bonchev–Trinajstić information content (AvgIpc) is 2.99. The van der Waals surface area contributed by atoms with Crippen LogP contribution in [0.2, 0.25) is 0 Å². The molecule has 0 bridgehead atoms. The summed E-state index contributed by atoms with van der Waals surface area (Å²) in [6.07, 6.45) is 3.04. The van der Waals surface area contributed by atoms with Gasteiger partial charge in [-0.3, -0.25) is 4.79 Å². The number of carbonyl (C=O) groups excluding carboxylic acids is 1. The first-order chi connectivity index (χ1) is 11.6. The van der Waals surface area contributed by atoms with Crippen LogP contribution < -0.4 is 5.32 Å². The number of aryl methyl sites for hydroxylation is 1. The third kappa shape index (κ3) is 3.64. The number of hydrogen-bond acceptors (Lipinski definition) is 5. The minimum atomic E-state index is -0.274. The van der Waals surface area contributed by atoms with Crippen LogP contribution in [0.4, 0.5) is 5.69 Å². The van der Waals surface area contributed by atoms with Crippen LogP contribution in [0.1, 0.15) is 11.4 Å². The zero-order valence-corrected chi connectivity index (χ0v) is 12.9. The summed E-state index contributed by atoms with van der Waals surface area (Å²) in [5, 5.41) is 23.5. The maximum absolute atomic E-state index is 12.0. The van der Waals surface area contributed by atoms with Crippen molar-refractivity contribution in [2.75, 3.05) is 5.32 Å². The van der Waals surface area contributed by atoms with Crippen molar-refractivity contribution in [3.8, 4) is 11.4 Å². The predicted molar refractivity (Wildman–Crippen MR) is 89.7 cm³/mol. The standard InChI is InChI=1S/C17H15N5O2/c1-12-19-20-21-22(12)15-6-3-5-14(11-15)18-17(24)9-8-13-4-2-7-16(23)10-13/h2-11,23H,1H3,(H,18,24)/b9-8+. The first-order valence-corrected chi connectivity index (χ1v) is 7.25. The molecule has 2 N–H and O–H groups in total. The van der Waals surface area contributed by atoms with Gasteiger partial charge in [-0.2, -0.15) is 4.68 Å². The second-order valence-electron chi connectivity index (χ2n) is 5.11. The number of aromatic nitrogens is 4. The third-order valence-electron chi connectivity index (χ3n) is 3.28. The Morgan fingerprint density at radius 3 is 2.79 bits per heavy atom. The van der Waals surface area contributed by atoms with E-state index in [9.17, 15) is 9.90 Å². The topological polar surface area (TPSA) is 92.9 Å². The predicted octanol–water partition coefficient (Wildman–Crippen LogP) is 2.33. The number of rotatable bonds is 4. The lowest BCUT2D eigenvalue weighted by Gasteiger charge is -2.06. The van der Waals surface area contributed by atoms with Crippen molar-refractivity contribution < 1.29 is 9.90 Å². The molecule has 1 aromatic heterocycles. The second kappa shape index (κ2) is 6.74. The zero-order chi connectivity index (χ0) is 16.9. The van der Waals surface area contributed by atoms with E-state index >= 15 is 0 Å². The number of benzene rings is 2. The lowest BCUT2D eigenvalue weighted by atomic mass is 10.2. The molecule has 0 fully saturated rings. The molecule has 7 heteroatoms. The van der Waals surface area contributed by atoms with Gasteiger partial charge >= 0.3 is 0 Å². The lowest BCUT2D eigenvalue weighted by molar-refractivity contribution is -0.111. The molecule has 0 saturated heterocycles. The van der Waals surface area contributed by atoms with Gasteiger partial charge in [0, 0.05) is 11.8 Å². The Kier molecular flexibility index (Phi) is 4.33. The van der Waals surface area contributed by atoms with Crippen molar-refractivity contribution in [2.45, 2.75) is 6.92 Å². The average molecular weight is 321 g/mol. The van der Waals surface area contributed by atoms with Crippen molar-refractivity contribution >= 4 is 17.7 Å². The van der Waals surface area contributed by atoms with Crippen molar-refractivity contribution in [3.05, 3.63) is 66.0 Å². The Bertz CT molecular complexity index is 901. The number of anilines is 1. The third-order valence-corrected chi connectivity index (χ3v) is 3.28. The molecule has 24 heavy (non-hydrogen) atoms. The number of aromatic hydroxyl groups is 1. The van der Waals surface area contributed by atoms with E-state index in [0.29, 0.717) is 11.5 Å². The molecule has 7 nitrogen and oxygen atoms in total. The van der Waals surface area contributed by atoms with Crippen molar-refractivity contribution in [1.82, 2.24) is 20.2 Å². The summed E-state index contributed by atoms with van der Waals surface area (Å²) < 4.78 is 1.58. The number of phenols is 1. The van der Waals surface area contributed by atoms with Gasteiger partial charge in [-0.1, -0.05) is 18.2 Å². The highest BCUT2D eigenvalue weighted by Crippen LogP contribution is 2.15. The monoisotopic (exact) mass is 321 g/mol. The number of tetrazole rings is 1. The molecule has 0 aliphatic heterocycles. The van der Waals surface area contributed by atoms with Crippen molar-refractivity contribution in [1.29, 1.82) is 0 Å². The smallest absolute Gasteiger partial charge is 0.248 e. The van der Waals surface area contributed by atoms with Crippen molar-refractivity contribution in [2.24, 2.45) is 0 Å². The number of hydrogen-bond donors (Lipinski definition) is 2. The summed E-state index contributed by atoms with van der Waals surface area (Å²) in [5.74, 6) is 0.535. The largest absolute Gasteiger partial charge is 0.508 e. The molecule has 0 atom stereocenters. The Balaban J connectivity index is 1.72. The highest BCUT2D eigenvalue weighted by molar-refractivity contribution is 6.02. The van der Waals surface area contributed by atoms with Gasteiger partial charge in [0.25, 0.3) is 0 Å². The molecule has 0 unspecified atom stereocenters. The highest BCUT2D eigenvalue weighted by Gasteiger charge is 2.05. The van der Waals surface area contributed by atoms with Gasteiger partial charge in [0.05, 0.1) is 5.69 Å². The van der Waals surface area contributed by atoms with E-state index in [2.05, 4.69) is 20.8 Å². The summed E-state index contributed by atoms with van der Waals surface area (Å²) >= 11 is 0. The zero-order valence-electron chi connectivity index (χ0n) is 12.9. The molecular weight excluding hydrogens is 306 g/mol. The van der Waals surface area contributed by atoms with Crippen LogP contribution in [-0.2, 0) is 4.79 Å². The van der Waals surface area contributed by atoms with E-state index < -0.39 is 0 Å². The molecule has 0 radical (unpaired) electrons. The van der Waals surface area contributed by atoms with Crippen LogP contribution in [0.3, 0.4) is 0 Å². The minimum absolute atomic E-state index is 0.155. The fraction of sp³-hybridized carbons (Fsp3) is 0.0588. The highest BCUT2D eigenvalue weighted by atomic mass is 16.3. The fourth-order valence-electron chi connectivity index (χ4n) is 2.17. The summed E-state index contributed by atoms with van der Waals surface area (Å²) in [4.78, 5) is 12.0. The van der Waals surface area contributed by atoms with Gasteiger partial charge in [0.1, 0.15) is 5.75 Å². The summed E-state index contributed by atoms with van der Waals surface area (Å²) in [6, 6.07) is 13.9. The van der Waals surface area contributed by atoms with E-state index in [0.717, 1.165) is 11.3 Å². The first-order valence-electron chi connectivity index (χ1n) is 7.25. The number of amides is 1.